The van der Waals surface area contributed by atoms with Crippen molar-refractivity contribution in [1.82, 2.24) is 19.3 Å². The third-order valence-corrected chi connectivity index (χ3v) is 7.82. The molecule has 8 nitrogen and oxygen atoms in total. The fraction of sp³-hybridized carbons (Fsp3) is 0.240. The molecular formula is C25H25N5O3S. The van der Waals surface area contributed by atoms with Gasteiger partial charge in [-0.25, -0.2) is 18.4 Å². The Hall–Kier alpha value is -3.56. The molecule has 0 saturated carbocycles. The van der Waals surface area contributed by atoms with Crippen molar-refractivity contribution in [3.05, 3.63) is 67.0 Å². The van der Waals surface area contributed by atoms with Crippen LogP contribution in [0.5, 0.6) is 5.75 Å². The Balaban J connectivity index is 1.57. The van der Waals surface area contributed by atoms with E-state index in [-0.39, 0.29) is 4.90 Å². The molecule has 9 heteroatoms. The Bertz CT molecular complexity index is 1420. The molecule has 1 aliphatic heterocycles. The number of hydrogen-bond acceptors (Lipinski definition) is 7. The molecule has 5 rings (SSSR count). The number of methoxy groups -OCH3 is 1. The summed E-state index contributed by atoms with van der Waals surface area (Å²) in [5.74, 6) is 1.46. The molecule has 1 aliphatic rings. The normalized spacial score (nSPS) is 14.7. The highest BCUT2D eigenvalue weighted by Gasteiger charge is 2.29. The SMILES string of the molecule is COc1ccc(Nc2nc(-c3ccncc3)nc3ccccc23)cc1S(=O)(=O)N1CCCCC1. The lowest BCUT2D eigenvalue weighted by molar-refractivity contribution is 0.343. The van der Waals surface area contributed by atoms with Gasteiger partial charge in [0.2, 0.25) is 10.0 Å². The number of para-hydroxylation sites is 1. The molecule has 0 aliphatic carbocycles. The maximum absolute atomic E-state index is 13.4. The van der Waals surface area contributed by atoms with E-state index in [0.29, 0.717) is 36.2 Å². The smallest absolute Gasteiger partial charge is 0.246 e. The largest absolute Gasteiger partial charge is 0.495 e. The van der Waals surface area contributed by atoms with Crippen molar-refractivity contribution in [3.8, 4) is 17.1 Å². The second-order valence-corrected chi connectivity index (χ2v) is 10.0. The van der Waals surface area contributed by atoms with Gasteiger partial charge in [-0.15, -0.1) is 0 Å². The predicted octanol–water partition coefficient (Wildman–Crippen LogP) is 4.62. The van der Waals surface area contributed by atoms with Gasteiger partial charge in [-0.1, -0.05) is 18.6 Å². The highest BCUT2D eigenvalue weighted by Crippen LogP contribution is 2.33. The second-order valence-electron chi connectivity index (χ2n) is 8.10. The van der Waals surface area contributed by atoms with E-state index in [4.69, 9.17) is 14.7 Å². The fourth-order valence-electron chi connectivity index (χ4n) is 4.14. The van der Waals surface area contributed by atoms with E-state index in [2.05, 4.69) is 10.3 Å². The van der Waals surface area contributed by atoms with E-state index >= 15 is 0 Å². The van der Waals surface area contributed by atoms with Crippen LogP contribution in [0, 0.1) is 0 Å². The van der Waals surface area contributed by atoms with Gasteiger partial charge in [-0.3, -0.25) is 4.98 Å². The third-order valence-electron chi connectivity index (χ3n) is 5.90. The standard InChI is InChI=1S/C25H25N5O3S/c1-33-22-10-9-19(17-23(22)34(31,32)30-15-5-2-6-16-30)27-25-20-7-3-4-8-21(20)28-24(29-25)18-11-13-26-14-12-18/h3-4,7-14,17H,2,5-6,15-16H2,1H3,(H,27,28,29). The molecule has 0 bridgehead atoms. The Labute approximate surface area is 198 Å². The molecule has 2 aromatic carbocycles. The molecule has 1 saturated heterocycles. The van der Waals surface area contributed by atoms with Gasteiger partial charge in [0.1, 0.15) is 16.5 Å². The summed E-state index contributed by atoms with van der Waals surface area (Å²) in [6, 6.07) is 16.5. The molecule has 3 heterocycles. The van der Waals surface area contributed by atoms with E-state index in [9.17, 15) is 8.42 Å². The molecular weight excluding hydrogens is 450 g/mol. The van der Waals surface area contributed by atoms with Gasteiger partial charge in [0, 0.05) is 42.1 Å². The van der Waals surface area contributed by atoms with Crippen molar-refractivity contribution < 1.29 is 13.2 Å². The second kappa shape index (κ2) is 9.36. The highest BCUT2D eigenvalue weighted by molar-refractivity contribution is 7.89. The molecule has 1 N–H and O–H groups in total. The zero-order valence-electron chi connectivity index (χ0n) is 18.8. The number of piperidine rings is 1. The third kappa shape index (κ3) is 4.32. The zero-order valence-corrected chi connectivity index (χ0v) is 19.6. The first-order chi connectivity index (χ1) is 16.6. The fourth-order valence-corrected chi connectivity index (χ4v) is 5.84. The van der Waals surface area contributed by atoms with Gasteiger partial charge in [-0.2, -0.15) is 4.31 Å². The lowest BCUT2D eigenvalue weighted by atomic mass is 10.2. The lowest BCUT2D eigenvalue weighted by Gasteiger charge is -2.26. The minimum Gasteiger partial charge on any atom is -0.495 e. The number of nitrogens with zero attached hydrogens (tertiary/aromatic N) is 4. The van der Waals surface area contributed by atoms with Crippen LogP contribution in [0.15, 0.2) is 71.9 Å². The first-order valence-electron chi connectivity index (χ1n) is 11.2. The van der Waals surface area contributed by atoms with Crippen molar-refractivity contribution in [2.24, 2.45) is 0 Å². The van der Waals surface area contributed by atoms with Gasteiger partial charge in [0.25, 0.3) is 0 Å². The van der Waals surface area contributed by atoms with Crippen LogP contribution in [0.3, 0.4) is 0 Å². The van der Waals surface area contributed by atoms with Gasteiger partial charge in [0.15, 0.2) is 5.82 Å². The van der Waals surface area contributed by atoms with E-state index < -0.39 is 10.0 Å². The van der Waals surface area contributed by atoms with E-state index in [0.717, 1.165) is 35.7 Å². The Kier molecular flexibility index (Phi) is 6.12. The van der Waals surface area contributed by atoms with Crippen LogP contribution in [0.25, 0.3) is 22.3 Å². The summed E-state index contributed by atoms with van der Waals surface area (Å²) in [7, 11) is -2.20. The van der Waals surface area contributed by atoms with Gasteiger partial charge in [-0.05, 0) is 55.3 Å². The average molecular weight is 476 g/mol. The average Bonchev–Trinajstić information content (AvgIpc) is 2.89. The number of benzene rings is 2. The summed E-state index contributed by atoms with van der Waals surface area (Å²) < 4.78 is 33.8. The van der Waals surface area contributed by atoms with Gasteiger partial charge >= 0.3 is 0 Å². The molecule has 0 amide bonds. The number of nitrogens with one attached hydrogen (secondary N) is 1. The van der Waals surface area contributed by atoms with E-state index in [1.165, 1.54) is 7.11 Å². The Morgan fingerprint density at radius 2 is 1.71 bits per heavy atom. The molecule has 0 radical (unpaired) electrons. The summed E-state index contributed by atoms with van der Waals surface area (Å²) in [4.78, 5) is 13.7. The summed E-state index contributed by atoms with van der Waals surface area (Å²) in [5, 5.41) is 4.15. The molecule has 0 atom stereocenters. The van der Waals surface area contributed by atoms with Crippen LogP contribution >= 0.6 is 0 Å². The molecule has 0 spiro atoms. The number of aromatic nitrogens is 3. The summed E-state index contributed by atoms with van der Waals surface area (Å²) >= 11 is 0. The van der Waals surface area contributed by atoms with Crippen LogP contribution in [0.1, 0.15) is 19.3 Å². The lowest BCUT2D eigenvalue weighted by Crippen LogP contribution is -2.35. The molecule has 174 valence electrons. The maximum atomic E-state index is 13.4. The number of sulfonamides is 1. The molecule has 2 aromatic heterocycles. The molecule has 0 unspecified atom stereocenters. The van der Waals surface area contributed by atoms with Crippen LogP contribution in [-0.4, -0.2) is 47.9 Å². The van der Waals surface area contributed by atoms with Gasteiger partial charge < -0.3 is 10.1 Å². The monoisotopic (exact) mass is 475 g/mol. The zero-order chi connectivity index (χ0) is 23.5. The topological polar surface area (TPSA) is 97.3 Å². The number of pyridine rings is 1. The molecule has 4 aromatic rings. The quantitative estimate of drug-likeness (QED) is 0.435. The van der Waals surface area contributed by atoms with E-state index in [1.807, 2.05) is 36.4 Å². The minimum absolute atomic E-state index is 0.148. The van der Waals surface area contributed by atoms with E-state index in [1.54, 1.807) is 34.9 Å². The van der Waals surface area contributed by atoms with Crippen LogP contribution < -0.4 is 10.1 Å². The van der Waals surface area contributed by atoms with Crippen molar-refractivity contribution in [1.29, 1.82) is 0 Å². The number of hydrogen-bond donors (Lipinski definition) is 1. The Morgan fingerprint density at radius 3 is 2.47 bits per heavy atom. The van der Waals surface area contributed by atoms with Crippen molar-refractivity contribution in [2.75, 3.05) is 25.5 Å². The maximum Gasteiger partial charge on any atom is 0.246 e. The highest BCUT2D eigenvalue weighted by atomic mass is 32.2. The number of ether oxygens (including phenoxy) is 1. The number of anilines is 2. The number of fused-ring (bicyclic) bond motifs is 1. The first kappa shape index (κ1) is 22.2. The summed E-state index contributed by atoms with van der Waals surface area (Å²) in [6.07, 6.45) is 6.17. The van der Waals surface area contributed by atoms with Crippen molar-refractivity contribution in [2.45, 2.75) is 24.2 Å². The Morgan fingerprint density at radius 1 is 0.941 bits per heavy atom. The van der Waals surface area contributed by atoms with Crippen LogP contribution in [0.2, 0.25) is 0 Å². The predicted molar refractivity (Wildman–Crippen MR) is 132 cm³/mol. The number of rotatable bonds is 6. The minimum atomic E-state index is -3.68. The summed E-state index contributed by atoms with van der Waals surface area (Å²) in [5.41, 5.74) is 2.22. The summed E-state index contributed by atoms with van der Waals surface area (Å²) in [6.45, 7) is 1.05. The molecule has 34 heavy (non-hydrogen) atoms. The van der Waals surface area contributed by atoms with Crippen LogP contribution in [-0.2, 0) is 10.0 Å². The molecule has 1 fully saturated rings. The van der Waals surface area contributed by atoms with Crippen LogP contribution in [0.4, 0.5) is 11.5 Å². The van der Waals surface area contributed by atoms with Gasteiger partial charge in [0.05, 0.1) is 12.6 Å². The van der Waals surface area contributed by atoms with Crippen molar-refractivity contribution in [3.63, 3.8) is 0 Å². The first-order valence-corrected chi connectivity index (χ1v) is 12.6. The van der Waals surface area contributed by atoms with Crippen molar-refractivity contribution >= 4 is 32.4 Å².